The lowest BCUT2D eigenvalue weighted by molar-refractivity contribution is 0.740. The van der Waals surface area contributed by atoms with Gasteiger partial charge in [0.25, 0.3) is 0 Å². The van der Waals surface area contributed by atoms with Gasteiger partial charge in [-0.3, -0.25) is 0 Å². The van der Waals surface area contributed by atoms with E-state index in [1.165, 1.54) is 76.8 Å². The molecule has 1 aliphatic carbocycles. The maximum atomic E-state index is 2.40. The first-order valence-corrected chi connectivity index (χ1v) is 15.3. The van der Waals surface area contributed by atoms with Crippen LogP contribution in [-0.4, -0.2) is 0 Å². The number of hydrogen-bond acceptors (Lipinski definition) is 0. The molecule has 0 aromatic heterocycles. The highest BCUT2D eigenvalue weighted by Crippen LogP contribution is 2.45. The molecular formula is C43H32. The van der Waals surface area contributed by atoms with Crippen LogP contribution >= 0.6 is 0 Å². The largest absolute Gasteiger partial charge is 0.0834 e. The molecule has 0 nitrogen and oxygen atoms in total. The third-order valence-corrected chi connectivity index (χ3v) is 8.95. The monoisotopic (exact) mass is 548 g/mol. The Labute approximate surface area is 253 Å². The highest BCUT2D eigenvalue weighted by atomic mass is 14.2. The average molecular weight is 549 g/mol. The Hall–Kier alpha value is -5.20. The van der Waals surface area contributed by atoms with Crippen LogP contribution in [-0.2, 0) is 0 Å². The van der Waals surface area contributed by atoms with Crippen molar-refractivity contribution in [2.24, 2.45) is 5.92 Å². The highest BCUT2D eigenvalue weighted by molar-refractivity contribution is 6.23. The van der Waals surface area contributed by atoms with Gasteiger partial charge in [-0.05, 0) is 101 Å². The summed E-state index contributed by atoms with van der Waals surface area (Å²) in [6.45, 7) is 2.29. The number of rotatable bonds is 4. The Morgan fingerprint density at radius 3 is 1.47 bits per heavy atom. The Kier molecular flexibility index (Phi) is 6.27. The maximum Gasteiger partial charge on any atom is -0.00261 e. The molecule has 1 unspecified atom stereocenters. The van der Waals surface area contributed by atoms with E-state index in [9.17, 15) is 0 Å². The van der Waals surface area contributed by atoms with Crippen molar-refractivity contribution in [2.45, 2.75) is 13.3 Å². The quantitative estimate of drug-likeness (QED) is 0.192. The predicted octanol–water partition coefficient (Wildman–Crippen LogP) is 12.1. The molecular weight excluding hydrogens is 516 g/mol. The fraction of sp³-hybridized carbons (Fsp3) is 0.0698. The number of fused-ring (bicyclic) bond motifs is 3. The minimum atomic E-state index is 0.579. The summed E-state index contributed by atoms with van der Waals surface area (Å²) in [6, 6.07) is 51.4. The summed E-state index contributed by atoms with van der Waals surface area (Å²) in [4.78, 5) is 0. The van der Waals surface area contributed by atoms with Gasteiger partial charge >= 0.3 is 0 Å². The third kappa shape index (κ3) is 4.57. The minimum absolute atomic E-state index is 0.579. The Morgan fingerprint density at radius 2 is 0.907 bits per heavy atom. The first kappa shape index (κ1) is 25.5. The van der Waals surface area contributed by atoms with Crippen LogP contribution in [0.25, 0.3) is 71.3 Å². The van der Waals surface area contributed by atoms with Crippen LogP contribution in [0.15, 0.2) is 158 Å². The molecule has 0 N–H and O–H groups in total. The first-order chi connectivity index (χ1) is 21.2. The van der Waals surface area contributed by atoms with E-state index in [4.69, 9.17) is 0 Å². The second kappa shape index (κ2) is 10.6. The van der Waals surface area contributed by atoms with Gasteiger partial charge in [-0.15, -0.1) is 0 Å². The van der Waals surface area contributed by atoms with Crippen LogP contribution in [0.1, 0.15) is 18.9 Å². The summed E-state index contributed by atoms with van der Waals surface area (Å²) in [7, 11) is 0. The summed E-state index contributed by atoms with van der Waals surface area (Å²) < 4.78 is 0. The zero-order valence-corrected chi connectivity index (χ0v) is 24.3. The Morgan fingerprint density at radius 1 is 0.442 bits per heavy atom. The SMILES string of the molecule is CC1C=C(c2ccc(-c3c4ccccc4c(-c4ccc(-c5ccccc5)cc4)c4cc5ccccc5cc34)cc2)C=CC1. The molecule has 8 rings (SSSR count). The van der Waals surface area contributed by atoms with Gasteiger partial charge in [0.1, 0.15) is 0 Å². The maximum absolute atomic E-state index is 2.40. The fourth-order valence-corrected chi connectivity index (χ4v) is 6.81. The zero-order chi connectivity index (χ0) is 28.8. The van der Waals surface area contributed by atoms with Gasteiger partial charge in [0.15, 0.2) is 0 Å². The number of benzene rings is 7. The minimum Gasteiger partial charge on any atom is -0.0834 e. The second-order valence-electron chi connectivity index (χ2n) is 11.8. The van der Waals surface area contributed by atoms with Crippen molar-refractivity contribution in [2.75, 3.05) is 0 Å². The van der Waals surface area contributed by atoms with E-state index >= 15 is 0 Å². The van der Waals surface area contributed by atoms with Crippen molar-refractivity contribution < 1.29 is 0 Å². The van der Waals surface area contributed by atoms with Crippen molar-refractivity contribution in [3.63, 3.8) is 0 Å². The highest BCUT2D eigenvalue weighted by Gasteiger charge is 2.18. The van der Waals surface area contributed by atoms with Crippen molar-refractivity contribution in [1.29, 1.82) is 0 Å². The third-order valence-electron chi connectivity index (χ3n) is 8.95. The molecule has 1 aliphatic rings. The molecule has 7 aromatic carbocycles. The summed E-state index contributed by atoms with van der Waals surface area (Å²) >= 11 is 0. The van der Waals surface area contributed by atoms with Crippen molar-refractivity contribution >= 4 is 37.9 Å². The van der Waals surface area contributed by atoms with Crippen LogP contribution in [0.4, 0.5) is 0 Å². The van der Waals surface area contributed by atoms with Gasteiger partial charge in [0, 0.05) is 0 Å². The van der Waals surface area contributed by atoms with Gasteiger partial charge in [-0.2, -0.15) is 0 Å². The lowest BCUT2D eigenvalue weighted by Crippen LogP contribution is -1.95. The van der Waals surface area contributed by atoms with Crippen LogP contribution in [0.3, 0.4) is 0 Å². The van der Waals surface area contributed by atoms with Gasteiger partial charge in [-0.25, -0.2) is 0 Å². The molecule has 0 aliphatic heterocycles. The smallest absolute Gasteiger partial charge is 0.00261 e. The number of allylic oxidation sites excluding steroid dienone is 4. The summed E-state index contributed by atoms with van der Waals surface area (Å²) in [6.07, 6.45) is 8.08. The van der Waals surface area contributed by atoms with E-state index in [0.717, 1.165) is 6.42 Å². The summed E-state index contributed by atoms with van der Waals surface area (Å²) in [5.41, 5.74) is 10.2. The standard InChI is InChI=1S/C43H32/c1-29-10-9-15-35(26-29)32-20-24-34(25-21-32)43-39-17-8-7-16-38(39)42(40-27-36-13-5-6-14-37(36)28-41(40)43)33-22-18-31(19-23-33)30-11-3-2-4-12-30/h2-9,11-29H,10H2,1H3. The van der Waals surface area contributed by atoms with Crippen molar-refractivity contribution in [3.05, 3.63) is 163 Å². The molecule has 0 heteroatoms. The molecule has 7 aromatic rings. The topological polar surface area (TPSA) is 0 Å². The molecule has 0 heterocycles. The van der Waals surface area contributed by atoms with E-state index in [2.05, 4.69) is 165 Å². The van der Waals surface area contributed by atoms with Gasteiger partial charge < -0.3 is 0 Å². The molecule has 204 valence electrons. The molecule has 43 heavy (non-hydrogen) atoms. The van der Waals surface area contributed by atoms with E-state index < -0.39 is 0 Å². The predicted molar refractivity (Wildman–Crippen MR) is 186 cm³/mol. The molecule has 0 fully saturated rings. The molecule has 0 radical (unpaired) electrons. The van der Waals surface area contributed by atoms with Crippen LogP contribution in [0.5, 0.6) is 0 Å². The van der Waals surface area contributed by atoms with Gasteiger partial charge in [0.05, 0.1) is 0 Å². The number of hydrogen-bond donors (Lipinski definition) is 0. The first-order valence-electron chi connectivity index (χ1n) is 15.3. The Bertz CT molecular complexity index is 2180. The lowest BCUT2D eigenvalue weighted by Gasteiger charge is -2.19. The van der Waals surface area contributed by atoms with Crippen LogP contribution in [0, 0.1) is 5.92 Å². The summed E-state index contributed by atoms with van der Waals surface area (Å²) in [5, 5.41) is 7.67. The Balaban J connectivity index is 1.38. The van der Waals surface area contributed by atoms with Gasteiger partial charge in [-0.1, -0.05) is 153 Å². The molecule has 1 atom stereocenters. The summed E-state index contributed by atoms with van der Waals surface area (Å²) in [5.74, 6) is 0.579. The van der Waals surface area contributed by atoms with E-state index in [1.807, 2.05) is 0 Å². The second-order valence-corrected chi connectivity index (χ2v) is 11.8. The van der Waals surface area contributed by atoms with E-state index in [-0.39, 0.29) is 0 Å². The molecule has 0 spiro atoms. The van der Waals surface area contributed by atoms with Crippen molar-refractivity contribution in [3.8, 4) is 33.4 Å². The molecule has 0 saturated heterocycles. The van der Waals surface area contributed by atoms with E-state index in [1.54, 1.807) is 0 Å². The van der Waals surface area contributed by atoms with E-state index in [0.29, 0.717) is 5.92 Å². The molecule has 0 amide bonds. The van der Waals surface area contributed by atoms with Crippen LogP contribution < -0.4 is 0 Å². The zero-order valence-electron chi connectivity index (χ0n) is 24.3. The van der Waals surface area contributed by atoms with Crippen molar-refractivity contribution in [1.82, 2.24) is 0 Å². The lowest BCUT2D eigenvalue weighted by atomic mass is 9.84. The average Bonchev–Trinajstić information content (AvgIpc) is 3.07. The van der Waals surface area contributed by atoms with Crippen LogP contribution in [0.2, 0.25) is 0 Å². The molecule has 0 bridgehead atoms. The fourth-order valence-electron chi connectivity index (χ4n) is 6.81. The van der Waals surface area contributed by atoms with Gasteiger partial charge in [0.2, 0.25) is 0 Å². The normalized spacial score (nSPS) is 14.8. The molecule has 0 saturated carbocycles.